The molecule has 20 heavy (non-hydrogen) atoms. The van der Waals surface area contributed by atoms with Gasteiger partial charge in [0.1, 0.15) is 5.82 Å². The maximum absolute atomic E-state index is 13.0. The second kappa shape index (κ2) is 7.22. The molecule has 1 amide bonds. The van der Waals surface area contributed by atoms with Crippen molar-refractivity contribution in [3.63, 3.8) is 0 Å². The predicted molar refractivity (Wildman–Crippen MR) is 77.6 cm³/mol. The molecule has 4 nitrogen and oxygen atoms in total. The van der Waals surface area contributed by atoms with Crippen LogP contribution in [0.2, 0.25) is 5.02 Å². The quantitative estimate of drug-likeness (QED) is 0.795. The van der Waals surface area contributed by atoms with Crippen molar-refractivity contribution in [3.8, 4) is 0 Å². The first kappa shape index (κ1) is 17.2. The average Bonchev–Trinajstić information content (AvgIpc) is 2.75. The van der Waals surface area contributed by atoms with Crippen LogP contribution in [0.4, 0.5) is 4.39 Å². The van der Waals surface area contributed by atoms with Gasteiger partial charge in [-0.15, -0.1) is 12.4 Å². The molecular formula is C13H17Cl2FN2O2. The molecule has 0 bridgehead atoms. The second-order valence-electron chi connectivity index (χ2n) is 4.75. The monoisotopic (exact) mass is 322 g/mol. The average molecular weight is 323 g/mol. The molecule has 3 atom stereocenters. The molecule has 1 aliphatic heterocycles. The molecule has 0 radical (unpaired) electrons. The molecule has 3 N–H and O–H groups in total. The molecule has 1 aromatic carbocycles. The fraction of sp³-hybridized carbons (Fsp3) is 0.462. The van der Waals surface area contributed by atoms with Crippen LogP contribution >= 0.6 is 24.0 Å². The van der Waals surface area contributed by atoms with Gasteiger partial charge in [0.25, 0.3) is 0 Å². The van der Waals surface area contributed by atoms with Crippen LogP contribution in [0.15, 0.2) is 18.2 Å². The molecule has 2 rings (SSSR count). The van der Waals surface area contributed by atoms with E-state index in [1.165, 1.54) is 12.1 Å². The van der Waals surface area contributed by atoms with Gasteiger partial charge in [0.15, 0.2) is 0 Å². The number of hydrogen-bond donors (Lipinski definition) is 3. The molecular weight excluding hydrogens is 306 g/mol. The minimum absolute atomic E-state index is 0. The zero-order chi connectivity index (χ0) is 14.0. The van der Waals surface area contributed by atoms with E-state index in [9.17, 15) is 14.3 Å². The zero-order valence-corrected chi connectivity index (χ0v) is 12.5. The van der Waals surface area contributed by atoms with E-state index in [0.717, 1.165) is 0 Å². The highest BCUT2D eigenvalue weighted by atomic mass is 35.5. The van der Waals surface area contributed by atoms with Gasteiger partial charge in [-0.1, -0.05) is 17.7 Å². The van der Waals surface area contributed by atoms with Gasteiger partial charge in [-0.2, -0.15) is 0 Å². The van der Waals surface area contributed by atoms with E-state index < -0.39 is 18.0 Å². The van der Waals surface area contributed by atoms with Crippen molar-refractivity contribution in [2.24, 2.45) is 0 Å². The Kier molecular flexibility index (Phi) is 6.20. The highest BCUT2D eigenvalue weighted by Gasteiger charge is 2.29. The Labute approximate surface area is 128 Å². The Bertz CT molecular complexity index is 487. The van der Waals surface area contributed by atoms with Crippen molar-refractivity contribution in [2.45, 2.75) is 31.5 Å². The molecule has 112 valence electrons. The Balaban J connectivity index is 0.00000200. The van der Waals surface area contributed by atoms with E-state index in [1.54, 1.807) is 13.0 Å². The lowest BCUT2D eigenvalue weighted by Gasteiger charge is -2.18. The fourth-order valence-corrected chi connectivity index (χ4v) is 2.49. The Morgan fingerprint density at radius 3 is 2.85 bits per heavy atom. The summed E-state index contributed by atoms with van der Waals surface area (Å²) in [4.78, 5) is 12.0. The highest BCUT2D eigenvalue weighted by Crippen LogP contribution is 2.23. The molecule has 1 fully saturated rings. The summed E-state index contributed by atoms with van der Waals surface area (Å²) in [7, 11) is 0. The van der Waals surface area contributed by atoms with Crippen LogP contribution in [0.1, 0.15) is 24.9 Å². The number of carbonyl (C=O) groups excluding carboxylic acids is 1. The van der Waals surface area contributed by atoms with Crippen molar-refractivity contribution >= 4 is 29.9 Å². The smallest absolute Gasteiger partial charge is 0.237 e. The molecule has 0 aromatic heterocycles. The summed E-state index contributed by atoms with van der Waals surface area (Å²) < 4.78 is 13.0. The number of hydrogen-bond acceptors (Lipinski definition) is 3. The molecule has 7 heteroatoms. The van der Waals surface area contributed by atoms with Crippen LogP contribution in [0.3, 0.4) is 0 Å². The lowest BCUT2D eigenvalue weighted by Crippen LogP contribution is -2.41. The maximum Gasteiger partial charge on any atom is 0.237 e. The third-order valence-corrected chi connectivity index (χ3v) is 3.54. The van der Waals surface area contributed by atoms with Gasteiger partial charge in [-0.05, 0) is 31.0 Å². The van der Waals surface area contributed by atoms with Gasteiger partial charge < -0.3 is 15.7 Å². The summed E-state index contributed by atoms with van der Waals surface area (Å²) in [5.41, 5.74) is 0.662. The molecule has 1 aromatic rings. The van der Waals surface area contributed by atoms with Crippen molar-refractivity contribution < 1.29 is 14.3 Å². The van der Waals surface area contributed by atoms with E-state index in [1.807, 2.05) is 0 Å². The van der Waals surface area contributed by atoms with E-state index >= 15 is 0 Å². The molecule has 0 saturated carbocycles. The van der Waals surface area contributed by atoms with E-state index in [0.29, 0.717) is 18.5 Å². The Hall–Kier alpha value is -0.880. The third kappa shape index (κ3) is 4.06. The predicted octanol–water partition coefficient (Wildman–Crippen LogP) is 1.80. The van der Waals surface area contributed by atoms with Gasteiger partial charge >= 0.3 is 0 Å². The summed E-state index contributed by atoms with van der Waals surface area (Å²) in [6.07, 6.45) is -0.0872. The zero-order valence-electron chi connectivity index (χ0n) is 10.9. The number of aliphatic hydroxyl groups excluding tert-OH is 1. The molecule has 0 aliphatic carbocycles. The summed E-state index contributed by atoms with van der Waals surface area (Å²) in [5, 5.41) is 15.4. The molecule has 1 heterocycles. The van der Waals surface area contributed by atoms with Crippen LogP contribution in [0.25, 0.3) is 0 Å². The standard InChI is InChI=1S/C13H16ClFN2O2.ClH/c1-7(10-3-2-8(15)4-11(10)14)17-13(19)12-5-9(18)6-16-12;/h2-4,7,9,12,16,18H,5-6H2,1H3,(H,17,19);1H. The van der Waals surface area contributed by atoms with E-state index in [4.69, 9.17) is 11.6 Å². The number of amides is 1. The minimum Gasteiger partial charge on any atom is -0.392 e. The minimum atomic E-state index is -0.486. The fourth-order valence-electron chi connectivity index (χ4n) is 2.16. The van der Waals surface area contributed by atoms with Gasteiger partial charge in [-0.3, -0.25) is 4.79 Å². The topological polar surface area (TPSA) is 61.4 Å². The van der Waals surface area contributed by atoms with Crippen LogP contribution in [-0.2, 0) is 4.79 Å². The van der Waals surface area contributed by atoms with Gasteiger partial charge in [0.05, 0.1) is 18.2 Å². The first-order valence-electron chi connectivity index (χ1n) is 6.14. The van der Waals surface area contributed by atoms with Gasteiger partial charge in [0, 0.05) is 11.6 Å². The Morgan fingerprint density at radius 1 is 1.60 bits per heavy atom. The molecule has 1 saturated heterocycles. The summed E-state index contributed by atoms with van der Waals surface area (Å²) in [6, 6.07) is 3.37. The number of β-amino-alcohol motifs (C(OH)–C–C–N with tert-alkyl or cyclic N) is 1. The van der Waals surface area contributed by atoms with Crippen LogP contribution in [0.5, 0.6) is 0 Å². The van der Waals surface area contributed by atoms with Crippen molar-refractivity contribution in [3.05, 3.63) is 34.6 Å². The number of aliphatic hydroxyl groups is 1. The molecule has 0 spiro atoms. The van der Waals surface area contributed by atoms with Crippen LogP contribution in [0, 0.1) is 5.82 Å². The lowest BCUT2D eigenvalue weighted by molar-refractivity contribution is -0.123. The number of carbonyl (C=O) groups is 1. The lowest BCUT2D eigenvalue weighted by atomic mass is 10.1. The number of rotatable bonds is 3. The van der Waals surface area contributed by atoms with Crippen molar-refractivity contribution in [2.75, 3.05) is 6.54 Å². The summed E-state index contributed by atoms with van der Waals surface area (Å²) in [5.74, 6) is -0.600. The largest absolute Gasteiger partial charge is 0.392 e. The summed E-state index contributed by atoms with van der Waals surface area (Å²) >= 11 is 5.94. The number of nitrogens with one attached hydrogen (secondary N) is 2. The first-order valence-corrected chi connectivity index (χ1v) is 6.52. The molecule has 3 unspecified atom stereocenters. The van der Waals surface area contributed by atoms with Crippen molar-refractivity contribution in [1.82, 2.24) is 10.6 Å². The SMILES string of the molecule is CC(NC(=O)C1CC(O)CN1)c1ccc(F)cc1Cl.Cl. The normalized spacial score (nSPS) is 23.0. The van der Waals surface area contributed by atoms with Gasteiger partial charge in [-0.25, -0.2) is 4.39 Å². The van der Waals surface area contributed by atoms with Crippen molar-refractivity contribution in [1.29, 1.82) is 0 Å². The van der Waals surface area contributed by atoms with E-state index in [-0.39, 0.29) is 29.4 Å². The first-order chi connectivity index (χ1) is 8.97. The number of benzene rings is 1. The second-order valence-corrected chi connectivity index (χ2v) is 5.15. The van der Waals surface area contributed by atoms with Gasteiger partial charge in [0.2, 0.25) is 5.91 Å². The summed E-state index contributed by atoms with van der Waals surface area (Å²) in [6.45, 7) is 2.20. The third-order valence-electron chi connectivity index (χ3n) is 3.21. The van der Waals surface area contributed by atoms with Crippen LogP contribution < -0.4 is 10.6 Å². The van der Waals surface area contributed by atoms with Crippen LogP contribution in [-0.4, -0.2) is 29.7 Å². The molecule has 1 aliphatic rings. The number of halogens is 3. The maximum atomic E-state index is 13.0. The Morgan fingerprint density at radius 2 is 2.30 bits per heavy atom. The highest BCUT2D eigenvalue weighted by molar-refractivity contribution is 6.31. The van der Waals surface area contributed by atoms with E-state index in [2.05, 4.69) is 10.6 Å².